The summed E-state index contributed by atoms with van der Waals surface area (Å²) in [5, 5.41) is 3.27. The molecule has 2 aliphatic rings. The van der Waals surface area contributed by atoms with Gasteiger partial charge in [-0.2, -0.15) is 0 Å². The fraction of sp³-hybridized carbons (Fsp3) is 0.345. The Morgan fingerprint density at radius 3 is 2.11 bits per heavy atom. The van der Waals surface area contributed by atoms with Crippen LogP contribution in [-0.4, -0.2) is 53.3 Å². The van der Waals surface area contributed by atoms with Crippen LogP contribution in [0.4, 0.5) is 0 Å². The number of esters is 2. The lowest BCUT2D eigenvalue weighted by Crippen LogP contribution is -2.43. The predicted molar refractivity (Wildman–Crippen MR) is 138 cm³/mol. The summed E-state index contributed by atoms with van der Waals surface area (Å²) in [7, 11) is 7.16. The van der Waals surface area contributed by atoms with E-state index in [1.165, 1.54) is 28.4 Å². The fourth-order valence-electron chi connectivity index (χ4n) is 5.34. The van der Waals surface area contributed by atoms with Crippen LogP contribution in [0.3, 0.4) is 0 Å². The van der Waals surface area contributed by atoms with E-state index in [0.29, 0.717) is 46.2 Å². The molecular weight excluding hydrogens is 490 g/mol. The Hall–Kier alpha value is -4.27. The van der Waals surface area contributed by atoms with Crippen LogP contribution in [-0.2, 0) is 23.9 Å². The van der Waals surface area contributed by atoms with E-state index >= 15 is 0 Å². The van der Waals surface area contributed by atoms with Gasteiger partial charge in [0.05, 0.1) is 47.0 Å². The zero-order valence-electron chi connectivity index (χ0n) is 22.2. The van der Waals surface area contributed by atoms with E-state index < -0.39 is 35.5 Å². The number of Topliss-reactive ketones (excluding diaryl/α,β-unsaturated/α-hetero) is 1. The number of allylic oxidation sites excluding steroid dienone is 3. The minimum atomic E-state index is -1.11. The van der Waals surface area contributed by atoms with Gasteiger partial charge in [-0.3, -0.25) is 9.59 Å². The Bertz CT molecular complexity index is 1320. The zero-order chi connectivity index (χ0) is 27.6. The van der Waals surface area contributed by atoms with E-state index in [2.05, 4.69) is 5.32 Å². The van der Waals surface area contributed by atoms with E-state index in [1.807, 2.05) is 12.1 Å². The molecule has 1 aliphatic heterocycles. The molecule has 2 aromatic rings. The van der Waals surface area contributed by atoms with Crippen molar-refractivity contribution >= 4 is 17.7 Å². The normalized spacial score (nSPS) is 20.8. The van der Waals surface area contributed by atoms with Crippen molar-refractivity contribution in [3.63, 3.8) is 0 Å². The van der Waals surface area contributed by atoms with Crippen LogP contribution >= 0.6 is 0 Å². The average molecular weight is 522 g/mol. The molecule has 1 aliphatic carbocycles. The maximum absolute atomic E-state index is 14.3. The molecule has 1 N–H and O–H groups in total. The number of hydrogen-bond acceptors (Lipinski definition) is 9. The SMILES string of the molecule is COC(=O)C1=C(C)NC2=C(C(=O)C(C(=O)OC)C(c3ccc(OC)cc3)C2)C1c1ccc(OC)cc1OC. The Kier molecular flexibility index (Phi) is 7.75. The zero-order valence-corrected chi connectivity index (χ0v) is 22.2. The maximum atomic E-state index is 14.3. The van der Waals surface area contributed by atoms with E-state index in [0.717, 1.165) is 5.56 Å². The van der Waals surface area contributed by atoms with Gasteiger partial charge in [0.1, 0.15) is 23.2 Å². The lowest BCUT2D eigenvalue weighted by molar-refractivity contribution is -0.150. The topological polar surface area (TPSA) is 109 Å². The molecule has 0 spiro atoms. The van der Waals surface area contributed by atoms with Crippen LogP contribution < -0.4 is 19.5 Å². The van der Waals surface area contributed by atoms with Gasteiger partial charge in [-0.1, -0.05) is 18.2 Å². The van der Waals surface area contributed by atoms with Crippen molar-refractivity contribution < 1.29 is 38.1 Å². The van der Waals surface area contributed by atoms with Crippen LogP contribution in [0.25, 0.3) is 0 Å². The standard InChI is InChI=1S/C29H31NO8/c1-15-23(28(32)37-5)24(19-12-11-18(35-3)13-22(19)36-4)26-21(30-15)14-20(25(27(26)31)29(33)38-6)16-7-9-17(34-2)10-8-16/h7-13,20,24-25,30H,14H2,1-6H3. The Morgan fingerprint density at radius 2 is 1.53 bits per heavy atom. The molecule has 38 heavy (non-hydrogen) atoms. The minimum Gasteiger partial charge on any atom is -0.497 e. The van der Waals surface area contributed by atoms with Gasteiger partial charge >= 0.3 is 11.9 Å². The summed E-state index contributed by atoms with van der Waals surface area (Å²) in [5.74, 6) is -2.46. The van der Waals surface area contributed by atoms with E-state index in [-0.39, 0.29) is 5.57 Å². The van der Waals surface area contributed by atoms with Gasteiger partial charge in [0.2, 0.25) is 0 Å². The molecule has 3 atom stereocenters. The van der Waals surface area contributed by atoms with Gasteiger partial charge in [-0.25, -0.2) is 4.79 Å². The second-order valence-corrected chi connectivity index (χ2v) is 9.04. The highest BCUT2D eigenvalue weighted by Crippen LogP contribution is 2.50. The first kappa shape index (κ1) is 26.8. The van der Waals surface area contributed by atoms with Gasteiger partial charge in [0.25, 0.3) is 0 Å². The van der Waals surface area contributed by atoms with Crippen molar-refractivity contribution in [3.8, 4) is 17.2 Å². The molecular formula is C29H31NO8. The van der Waals surface area contributed by atoms with Crippen LogP contribution in [0.2, 0.25) is 0 Å². The number of nitrogens with one attached hydrogen (secondary N) is 1. The molecule has 9 heteroatoms. The largest absolute Gasteiger partial charge is 0.497 e. The predicted octanol–water partition coefficient (Wildman–Crippen LogP) is 3.65. The number of ether oxygens (including phenoxy) is 5. The molecule has 0 saturated carbocycles. The van der Waals surface area contributed by atoms with Crippen molar-refractivity contribution in [1.29, 1.82) is 0 Å². The van der Waals surface area contributed by atoms with Gasteiger partial charge in [0, 0.05) is 34.5 Å². The number of benzene rings is 2. The van der Waals surface area contributed by atoms with Crippen molar-refractivity contribution in [2.45, 2.75) is 25.2 Å². The first-order chi connectivity index (χ1) is 18.3. The van der Waals surface area contributed by atoms with Crippen molar-refractivity contribution in [2.75, 3.05) is 35.5 Å². The summed E-state index contributed by atoms with van der Waals surface area (Å²) in [6.07, 6.45) is 0.341. The summed E-state index contributed by atoms with van der Waals surface area (Å²) in [6, 6.07) is 12.4. The molecule has 9 nitrogen and oxygen atoms in total. The number of carbonyl (C=O) groups excluding carboxylic acids is 3. The molecule has 2 aromatic carbocycles. The highest BCUT2D eigenvalue weighted by Gasteiger charge is 2.49. The lowest BCUT2D eigenvalue weighted by Gasteiger charge is -2.39. The van der Waals surface area contributed by atoms with Crippen LogP contribution in [0.15, 0.2) is 65.0 Å². The molecule has 0 fully saturated rings. The number of carbonyl (C=O) groups is 3. The number of methoxy groups -OCH3 is 5. The number of hydrogen-bond donors (Lipinski definition) is 1. The second-order valence-electron chi connectivity index (χ2n) is 9.04. The lowest BCUT2D eigenvalue weighted by atomic mass is 9.67. The highest BCUT2D eigenvalue weighted by molar-refractivity contribution is 6.13. The molecule has 200 valence electrons. The Labute approximate surface area is 221 Å². The summed E-state index contributed by atoms with van der Waals surface area (Å²) >= 11 is 0. The number of dihydropyridines is 1. The molecule has 0 saturated heterocycles. The van der Waals surface area contributed by atoms with Crippen molar-refractivity contribution in [3.05, 3.63) is 76.1 Å². The van der Waals surface area contributed by atoms with Crippen molar-refractivity contribution in [2.24, 2.45) is 5.92 Å². The molecule has 3 unspecified atom stereocenters. The van der Waals surface area contributed by atoms with Gasteiger partial charge in [0.15, 0.2) is 5.78 Å². The number of ketones is 1. The fourth-order valence-corrected chi connectivity index (χ4v) is 5.34. The molecule has 0 bridgehead atoms. The van der Waals surface area contributed by atoms with E-state index in [1.54, 1.807) is 44.4 Å². The van der Waals surface area contributed by atoms with Gasteiger partial charge < -0.3 is 29.0 Å². The molecule has 4 rings (SSSR count). The third-order valence-corrected chi connectivity index (χ3v) is 7.18. The van der Waals surface area contributed by atoms with Gasteiger partial charge in [-0.05, 0) is 37.1 Å². The minimum absolute atomic E-state index is 0.259. The third kappa shape index (κ3) is 4.60. The molecule has 0 radical (unpaired) electrons. The second kappa shape index (κ2) is 11.0. The summed E-state index contributed by atoms with van der Waals surface area (Å²) in [5.41, 5.74) is 3.11. The Morgan fingerprint density at radius 1 is 0.868 bits per heavy atom. The van der Waals surface area contributed by atoms with Gasteiger partial charge in [-0.15, -0.1) is 0 Å². The smallest absolute Gasteiger partial charge is 0.336 e. The summed E-state index contributed by atoms with van der Waals surface area (Å²) in [4.78, 5) is 40.4. The van der Waals surface area contributed by atoms with E-state index in [9.17, 15) is 14.4 Å². The number of rotatable bonds is 7. The van der Waals surface area contributed by atoms with Crippen LogP contribution in [0, 0.1) is 5.92 Å². The molecule has 0 amide bonds. The summed E-state index contributed by atoms with van der Waals surface area (Å²) in [6.45, 7) is 1.76. The Balaban J connectivity index is 1.93. The molecule has 1 heterocycles. The molecule has 0 aromatic heterocycles. The van der Waals surface area contributed by atoms with Crippen molar-refractivity contribution in [1.82, 2.24) is 5.32 Å². The van der Waals surface area contributed by atoms with Crippen LogP contribution in [0.5, 0.6) is 17.2 Å². The quantitative estimate of drug-likeness (QED) is 0.431. The first-order valence-electron chi connectivity index (χ1n) is 12.1. The monoisotopic (exact) mass is 521 g/mol. The van der Waals surface area contributed by atoms with E-state index in [4.69, 9.17) is 23.7 Å². The average Bonchev–Trinajstić information content (AvgIpc) is 2.95. The summed E-state index contributed by atoms with van der Waals surface area (Å²) < 4.78 is 26.5. The third-order valence-electron chi connectivity index (χ3n) is 7.18. The first-order valence-corrected chi connectivity index (χ1v) is 12.1. The van der Waals surface area contributed by atoms with Crippen LogP contribution in [0.1, 0.15) is 36.3 Å². The highest BCUT2D eigenvalue weighted by atomic mass is 16.5. The maximum Gasteiger partial charge on any atom is 0.336 e.